The van der Waals surface area contributed by atoms with Crippen molar-refractivity contribution in [3.8, 4) is 5.75 Å². The third-order valence-electron chi connectivity index (χ3n) is 5.57. The summed E-state index contributed by atoms with van der Waals surface area (Å²) < 4.78 is 13.8. The maximum absolute atomic E-state index is 13.8. The number of hydrogen-bond acceptors (Lipinski definition) is 3. The van der Waals surface area contributed by atoms with Crippen LogP contribution in [0.4, 0.5) is 4.39 Å². The average Bonchev–Trinajstić information content (AvgIpc) is 2.85. The molecule has 0 saturated carbocycles. The summed E-state index contributed by atoms with van der Waals surface area (Å²) in [6.45, 7) is 0. The van der Waals surface area contributed by atoms with E-state index in [1.54, 1.807) is 0 Å². The molecule has 3 nitrogen and oxygen atoms in total. The second-order valence-electron chi connectivity index (χ2n) is 7.69. The van der Waals surface area contributed by atoms with Crippen LogP contribution in [0.15, 0.2) is 114 Å². The van der Waals surface area contributed by atoms with Crippen molar-refractivity contribution in [3.63, 3.8) is 0 Å². The molecule has 0 heterocycles. The van der Waals surface area contributed by atoms with Crippen molar-refractivity contribution in [3.05, 3.63) is 137 Å². The predicted molar refractivity (Wildman–Crippen MR) is 125 cm³/mol. The first-order valence-electron chi connectivity index (χ1n) is 10.5. The predicted octanol–water partition coefficient (Wildman–Crippen LogP) is 5.50. The van der Waals surface area contributed by atoms with E-state index in [-0.39, 0.29) is 11.3 Å². The first-order chi connectivity index (χ1) is 15.6. The molecule has 160 valence electrons. The molecular weight excluding hydrogens is 401 g/mol. The smallest absolute Gasteiger partial charge is 0.137 e. The zero-order valence-electron chi connectivity index (χ0n) is 17.5. The lowest BCUT2D eigenvalue weighted by Crippen LogP contribution is -2.41. The molecule has 0 amide bonds. The van der Waals surface area contributed by atoms with Crippen LogP contribution in [-0.4, -0.2) is 22.5 Å². The highest BCUT2D eigenvalue weighted by molar-refractivity contribution is 5.83. The van der Waals surface area contributed by atoms with E-state index < -0.39 is 17.5 Å². The van der Waals surface area contributed by atoms with Crippen LogP contribution >= 0.6 is 0 Å². The topological polar surface area (TPSA) is 52.8 Å². The molecule has 4 heteroatoms. The number of rotatable bonds is 7. The molecule has 0 radical (unpaired) electrons. The maximum Gasteiger partial charge on any atom is 0.137 e. The van der Waals surface area contributed by atoms with Crippen LogP contribution in [-0.2, 0) is 12.0 Å². The molecule has 0 aliphatic carbocycles. The van der Waals surface area contributed by atoms with Gasteiger partial charge in [-0.3, -0.25) is 4.99 Å². The van der Waals surface area contributed by atoms with Crippen molar-refractivity contribution >= 4 is 6.21 Å². The summed E-state index contributed by atoms with van der Waals surface area (Å²) in [7, 11) is 0. The summed E-state index contributed by atoms with van der Waals surface area (Å²) in [5.41, 5.74) is 1.22. The Kier molecular flexibility index (Phi) is 6.43. The molecule has 4 rings (SSSR count). The number of benzene rings is 4. The lowest BCUT2D eigenvalue weighted by molar-refractivity contribution is 0.0528. The van der Waals surface area contributed by atoms with E-state index >= 15 is 0 Å². The van der Waals surface area contributed by atoms with Crippen molar-refractivity contribution in [2.24, 2.45) is 4.99 Å². The van der Waals surface area contributed by atoms with Gasteiger partial charge in [-0.1, -0.05) is 91.0 Å². The third-order valence-corrected chi connectivity index (χ3v) is 5.57. The standard InChI is InChI=1S/C28H24FNO2/c29-25-16-17-26(31)22(19-25)20-30-27(18-21-10-4-1-5-11-21)28(32,23-12-6-2-7-13-23)24-14-8-3-9-15-24/h1-17,19-20,27,31-32H,18H2/t27-/m1/s1. The van der Waals surface area contributed by atoms with Crippen LogP contribution in [0.1, 0.15) is 22.3 Å². The zero-order chi connectivity index (χ0) is 22.4. The summed E-state index contributed by atoms with van der Waals surface area (Å²) in [5.74, 6) is -0.540. The number of phenols is 1. The summed E-state index contributed by atoms with van der Waals surface area (Å²) >= 11 is 0. The second kappa shape index (κ2) is 9.58. The fourth-order valence-corrected chi connectivity index (χ4v) is 3.88. The quantitative estimate of drug-likeness (QED) is 0.384. The van der Waals surface area contributed by atoms with Gasteiger partial charge in [-0.2, -0.15) is 0 Å². The molecule has 0 fully saturated rings. The highest BCUT2D eigenvalue weighted by Crippen LogP contribution is 2.36. The molecule has 4 aromatic carbocycles. The van der Waals surface area contributed by atoms with Gasteiger partial charge in [-0.25, -0.2) is 4.39 Å². The molecule has 0 aromatic heterocycles. The Balaban J connectivity index is 1.85. The Morgan fingerprint density at radius 2 is 1.31 bits per heavy atom. The molecule has 0 saturated heterocycles. The van der Waals surface area contributed by atoms with Gasteiger partial charge >= 0.3 is 0 Å². The highest BCUT2D eigenvalue weighted by atomic mass is 19.1. The van der Waals surface area contributed by atoms with Crippen molar-refractivity contribution < 1.29 is 14.6 Å². The molecule has 1 atom stereocenters. The van der Waals surface area contributed by atoms with Gasteiger partial charge in [0.05, 0.1) is 6.04 Å². The molecule has 2 N–H and O–H groups in total. The minimum atomic E-state index is -1.45. The molecule has 0 spiro atoms. The van der Waals surface area contributed by atoms with Gasteiger partial charge in [0.1, 0.15) is 17.2 Å². The number of halogens is 1. The van der Waals surface area contributed by atoms with Crippen LogP contribution < -0.4 is 0 Å². The summed E-state index contributed by atoms with van der Waals surface area (Å²) in [6.07, 6.45) is 1.87. The number of hydrogen-bond donors (Lipinski definition) is 2. The van der Waals surface area contributed by atoms with Gasteiger partial charge in [0.2, 0.25) is 0 Å². The number of nitrogens with zero attached hydrogens (tertiary/aromatic N) is 1. The maximum atomic E-state index is 13.8. The number of aromatic hydroxyl groups is 1. The van der Waals surface area contributed by atoms with Crippen LogP contribution in [0.3, 0.4) is 0 Å². The molecule has 0 aliphatic rings. The van der Waals surface area contributed by atoms with E-state index in [1.165, 1.54) is 24.4 Å². The van der Waals surface area contributed by atoms with Crippen molar-refractivity contribution in [1.82, 2.24) is 0 Å². The van der Waals surface area contributed by atoms with Crippen molar-refractivity contribution in [2.75, 3.05) is 0 Å². The Morgan fingerprint density at radius 3 is 1.88 bits per heavy atom. The number of aliphatic imine (C=N–C) groups is 1. The monoisotopic (exact) mass is 425 g/mol. The largest absolute Gasteiger partial charge is 0.507 e. The van der Waals surface area contributed by atoms with Gasteiger partial charge in [-0.15, -0.1) is 0 Å². The van der Waals surface area contributed by atoms with E-state index in [0.29, 0.717) is 17.5 Å². The molecule has 0 unspecified atom stereocenters. The fraction of sp³-hybridized carbons (Fsp3) is 0.107. The minimum absolute atomic E-state index is 0.0726. The number of phenolic OH excluding ortho intramolecular Hbond substituents is 1. The van der Waals surface area contributed by atoms with Crippen molar-refractivity contribution in [1.29, 1.82) is 0 Å². The van der Waals surface area contributed by atoms with Gasteiger partial charge < -0.3 is 10.2 Å². The first-order valence-corrected chi connectivity index (χ1v) is 10.5. The van der Waals surface area contributed by atoms with E-state index in [9.17, 15) is 14.6 Å². The molecule has 0 bridgehead atoms. The molecule has 4 aromatic rings. The van der Waals surface area contributed by atoms with Crippen LogP contribution in [0.2, 0.25) is 0 Å². The summed E-state index contributed by atoms with van der Waals surface area (Å²) in [4.78, 5) is 4.71. The summed E-state index contributed by atoms with van der Waals surface area (Å²) in [5, 5.41) is 22.4. The average molecular weight is 426 g/mol. The number of aliphatic hydroxyl groups is 1. The van der Waals surface area contributed by atoms with Crippen LogP contribution in [0.25, 0.3) is 0 Å². The first kappa shape index (κ1) is 21.5. The highest BCUT2D eigenvalue weighted by Gasteiger charge is 2.40. The minimum Gasteiger partial charge on any atom is -0.507 e. The van der Waals surface area contributed by atoms with Gasteiger partial charge in [0.25, 0.3) is 0 Å². The van der Waals surface area contributed by atoms with E-state index in [1.807, 2.05) is 91.0 Å². The third kappa shape index (κ3) is 4.61. The summed E-state index contributed by atoms with van der Waals surface area (Å²) in [6, 6.07) is 31.7. The van der Waals surface area contributed by atoms with Gasteiger partial charge in [0, 0.05) is 11.8 Å². The Labute approximate surface area is 187 Å². The molecular formula is C28H24FNO2. The lowest BCUT2D eigenvalue weighted by Gasteiger charge is -2.35. The molecule has 32 heavy (non-hydrogen) atoms. The fourth-order valence-electron chi connectivity index (χ4n) is 3.88. The molecule has 0 aliphatic heterocycles. The van der Waals surface area contributed by atoms with Crippen LogP contribution in [0.5, 0.6) is 5.75 Å². The SMILES string of the molecule is Oc1ccc(F)cc1C=N[C@H](Cc1ccccc1)C(O)(c1ccccc1)c1ccccc1. The van der Waals surface area contributed by atoms with E-state index in [0.717, 1.165) is 5.56 Å². The Hall–Kier alpha value is -3.76. The second-order valence-corrected chi connectivity index (χ2v) is 7.69. The van der Waals surface area contributed by atoms with Gasteiger partial charge in [0.15, 0.2) is 0 Å². The van der Waals surface area contributed by atoms with E-state index in [4.69, 9.17) is 4.99 Å². The Morgan fingerprint density at radius 1 is 0.781 bits per heavy atom. The van der Waals surface area contributed by atoms with Crippen LogP contribution in [0, 0.1) is 5.82 Å². The zero-order valence-corrected chi connectivity index (χ0v) is 17.5. The van der Waals surface area contributed by atoms with Gasteiger partial charge in [-0.05, 0) is 41.3 Å². The lowest BCUT2D eigenvalue weighted by atomic mass is 9.78. The van der Waals surface area contributed by atoms with Crippen molar-refractivity contribution in [2.45, 2.75) is 18.1 Å². The normalized spacial score (nSPS) is 12.7. The Bertz CT molecular complexity index is 1140. The van der Waals surface area contributed by atoms with E-state index in [2.05, 4.69) is 0 Å².